The molecule has 3 aromatic rings. The van der Waals surface area contributed by atoms with Gasteiger partial charge >= 0.3 is 0 Å². The first-order valence-corrected chi connectivity index (χ1v) is 8.48. The van der Waals surface area contributed by atoms with Gasteiger partial charge in [-0.3, -0.25) is 9.59 Å². The number of aromatic amines is 1. The van der Waals surface area contributed by atoms with Crippen molar-refractivity contribution in [1.29, 1.82) is 0 Å². The Morgan fingerprint density at radius 2 is 1.81 bits per heavy atom. The van der Waals surface area contributed by atoms with Gasteiger partial charge < -0.3 is 15.0 Å². The van der Waals surface area contributed by atoms with E-state index < -0.39 is 11.5 Å². The molecule has 6 heteroatoms. The van der Waals surface area contributed by atoms with Crippen LogP contribution in [-0.2, 0) is 6.42 Å². The van der Waals surface area contributed by atoms with Crippen LogP contribution >= 0.6 is 0 Å². The Morgan fingerprint density at radius 1 is 1.07 bits per heavy atom. The second-order valence-corrected chi connectivity index (χ2v) is 5.94. The number of aromatic nitrogens is 1. The van der Waals surface area contributed by atoms with Crippen LogP contribution in [0.25, 0.3) is 11.3 Å². The van der Waals surface area contributed by atoms with Crippen molar-refractivity contribution in [2.75, 3.05) is 13.7 Å². The summed E-state index contributed by atoms with van der Waals surface area (Å²) in [5.74, 6) is -0.0443. The normalized spacial score (nSPS) is 10.4. The van der Waals surface area contributed by atoms with Gasteiger partial charge in [0.2, 0.25) is 0 Å². The molecular weight excluding hydrogens is 347 g/mol. The standard InChI is InChI=1S/C21H19FN2O3/c1-27-19-5-3-2-4-15(19)12-13-23-20(25)17-10-11-18(24-21(17)26)14-6-8-16(22)9-7-14/h2-11H,12-13H2,1H3,(H,23,25)(H,24,26). The van der Waals surface area contributed by atoms with E-state index in [9.17, 15) is 14.0 Å². The lowest BCUT2D eigenvalue weighted by molar-refractivity contribution is 0.0952. The Bertz CT molecular complexity index is 997. The summed E-state index contributed by atoms with van der Waals surface area (Å²) in [5.41, 5.74) is 1.69. The zero-order valence-electron chi connectivity index (χ0n) is 14.8. The Labute approximate surface area is 155 Å². The zero-order chi connectivity index (χ0) is 19.2. The van der Waals surface area contributed by atoms with Gasteiger partial charge in [0.25, 0.3) is 11.5 Å². The average molecular weight is 366 g/mol. The largest absolute Gasteiger partial charge is 0.496 e. The van der Waals surface area contributed by atoms with Gasteiger partial charge in [0.1, 0.15) is 17.1 Å². The first kappa shape index (κ1) is 18.4. The van der Waals surface area contributed by atoms with E-state index in [1.54, 1.807) is 25.3 Å². The molecule has 138 valence electrons. The Morgan fingerprint density at radius 3 is 2.52 bits per heavy atom. The molecule has 0 spiro atoms. The molecule has 3 rings (SSSR count). The summed E-state index contributed by atoms with van der Waals surface area (Å²) in [5, 5.41) is 2.74. The topological polar surface area (TPSA) is 71.2 Å². The van der Waals surface area contributed by atoms with E-state index in [4.69, 9.17) is 4.74 Å². The predicted octanol–water partition coefficient (Wildman–Crippen LogP) is 3.16. The number of rotatable bonds is 6. The molecule has 1 aromatic heterocycles. The van der Waals surface area contributed by atoms with Gasteiger partial charge in [-0.15, -0.1) is 0 Å². The summed E-state index contributed by atoms with van der Waals surface area (Å²) in [6.07, 6.45) is 0.585. The van der Waals surface area contributed by atoms with Crippen molar-refractivity contribution in [3.8, 4) is 17.0 Å². The number of ether oxygens (including phenoxy) is 1. The molecule has 0 saturated carbocycles. The molecule has 0 aliphatic carbocycles. The lowest BCUT2D eigenvalue weighted by Gasteiger charge is -2.09. The Kier molecular flexibility index (Phi) is 5.66. The van der Waals surface area contributed by atoms with Crippen LogP contribution < -0.4 is 15.6 Å². The van der Waals surface area contributed by atoms with Crippen LogP contribution in [0, 0.1) is 5.82 Å². The molecule has 2 N–H and O–H groups in total. The minimum atomic E-state index is -0.494. The number of benzene rings is 2. The van der Waals surface area contributed by atoms with Crippen LogP contribution in [0.1, 0.15) is 15.9 Å². The third-order valence-corrected chi connectivity index (χ3v) is 4.18. The van der Waals surface area contributed by atoms with Crippen LogP contribution in [0.15, 0.2) is 65.5 Å². The lowest BCUT2D eigenvalue weighted by atomic mass is 10.1. The van der Waals surface area contributed by atoms with E-state index in [0.717, 1.165) is 11.3 Å². The van der Waals surface area contributed by atoms with Crippen LogP contribution in [0.3, 0.4) is 0 Å². The fourth-order valence-electron chi connectivity index (χ4n) is 2.77. The summed E-state index contributed by atoms with van der Waals surface area (Å²) in [6.45, 7) is 0.373. The molecule has 0 atom stereocenters. The number of nitrogens with one attached hydrogen (secondary N) is 2. The van der Waals surface area contributed by atoms with Gasteiger partial charge in [-0.2, -0.15) is 0 Å². The number of methoxy groups -OCH3 is 1. The van der Waals surface area contributed by atoms with E-state index in [2.05, 4.69) is 10.3 Å². The molecular formula is C21H19FN2O3. The van der Waals surface area contributed by atoms with Gasteiger partial charge in [0.05, 0.1) is 7.11 Å². The van der Waals surface area contributed by atoms with Crippen molar-refractivity contribution >= 4 is 5.91 Å². The number of halogens is 1. The second-order valence-electron chi connectivity index (χ2n) is 5.94. The number of pyridine rings is 1. The summed E-state index contributed by atoms with van der Waals surface area (Å²) in [7, 11) is 1.60. The van der Waals surface area contributed by atoms with Crippen LogP contribution in [0.2, 0.25) is 0 Å². The van der Waals surface area contributed by atoms with Gasteiger partial charge in [-0.1, -0.05) is 18.2 Å². The van der Waals surface area contributed by atoms with Crippen molar-refractivity contribution in [2.24, 2.45) is 0 Å². The highest BCUT2D eigenvalue weighted by molar-refractivity contribution is 5.94. The number of carbonyl (C=O) groups is 1. The molecule has 0 bridgehead atoms. The maximum absolute atomic E-state index is 13.0. The first-order chi connectivity index (χ1) is 13.1. The van der Waals surface area contributed by atoms with E-state index in [1.807, 2.05) is 24.3 Å². The molecule has 0 aliphatic heterocycles. The zero-order valence-corrected chi connectivity index (χ0v) is 14.8. The van der Waals surface area contributed by atoms with Crippen LogP contribution in [0.4, 0.5) is 4.39 Å². The molecule has 0 aliphatic rings. The maximum Gasteiger partial charge on any atom is 0.261 e. The minimum Gasteiger partial charge on any atom is -0.496 e. The molecule has 1 heterocycles. The quantitative estimate of drug-likeness (QED) is 0.704. The number of amides is 1. The van der Waals surface area contributed by atoms with Crippen LogP contribution in [0.5, 0.6) is 5.75 Å². The number of H-pyrrole nitrogens is 1. The van der Waals surface area contributed by atoms with E-state index in [1.165, 1.54) is 18.2 Å². The summed E-state index contributed by atoms with van der Waals surface area (Å²) < 4.78 is 18.3. The second kappa shape index (κ2) is 8.31. The third kappa shape index (κ3) is 4.41. The molecule has 2 aromatic carbocycles. The van der Waals surface area contributed by atoms with Crippen molar-refractivity contribution in [3.63, 3.8) is 0 Å². The minimum absolute atomic E-state index is 0.0286. The molecule has 27 heavy (non-hydrogen) atoms. The molecule has 1 amide bonds. The highest BCUT2D eigenvalue weighted by atomic mass is 19.1. The van der Waals surface area contributed by atoms with Crippen molar-refractivity contribution in [3.05, 3.63) is 88.0 Å². The highest BCUT2D eigenvalue weighted by Crippen LogP contribution is 2.18. The van der Waals surface area contributed by atoms with E-state index in [0.29, 0.717) is 24.2 Å². The van der Waals surface area contributed by atoms with Gasteiger partial charge in [-0.05, 0) is 60.0 Å². The molecule has 0 radical (unpaired) electrons. The molecule has 0 saturated heterocycles. The summed E-state index contributed by atoms with van der Waals surface area (Å²) >= 11 is 0. The molecule has 0 fully saturated rings. The fraction of sp³-hybridized carbons (Fsp3) is 0.143. The smallest absolute Gasteiger partial charge is 0.261 e. The van der Waals surface area contributed by atoms with Crippen LogP contribution in [-0.4, -0.2) is 24.5 Å². The number of hydrogen-bond donors (Lipinski definition) is 2. The van der Waals surface area contributed by atoms with Crippen molar-refractivity contribution in [1.82, 2.24) is 10.3 Å². The fourth-order valence-corrected chi connectivity index (χ4v) is 2.77. The van der Waals surface area contributed by atoms with Gasteiger partial charge in [0.15, 0.2) is 0 Å². The summed E-state index contributed by atoms with van der Waals surface area (Å²) in [6, 6.07) is 16.4. The Hall–Kier alpha value is -3.41. The van der Waals surface area contributed by atoms with Crippen molar-refractivity contribution in [2.45, 2.75) is 6.42 Å². The summed E-state index contributed by atoms with van der Waals surface area (Å²) in [4.78, 5) is 27.2. The lowest BCUT2D eigenvalue weighted by Crippen LogP contribution is -2.31. The molecule has 5 nitrogen and oxygen atoms in total. The van der Waals surface area contributed by atoms with Gasteiger partial charge in [0, 0.05) is 12.2 Å². The maximum atomic E-state index is 13.0. The van der Waals surface area contributed by atoms with E-state index in [-0.39, 0.29) is 11.4 Å². The molecule has 0 unspecified atom stereocenters. The third-order valence-electron chi connectivity index (χ3n) is 4.18. The number of carbonyl (C=O) groups excluding carboxylic acids is 1. The SMILES string of the molecule is COc1ccccc1CCNC(=O)c1ccc(-c2ccc(F)cc2)[nH]c1=O. The highest BCUT2D eigenvalue weighted by Gasteiger charge is 2.11. The first-order valence-electron chi connectivity index (χ1n) is 8.48. The van der Waals surface area contributed by atoms with Gasteiger partial charge in [-0.25, -0.2) is 4.39 Å². The number of hydrogen-bond acceptors (Lipinski definition) is 3. The average Bonchev–Trinajstić information content (AvgIpc) is 2.68. The Balaban J connectivity index is 1.66. The monoisotopic (exact) mass is 366 g/mol. The predicted molar refractivity (Wildman–Crippen MR) is 101 cm³/mol. The van der Waals surface area contributed by atoms with E-state index >= 15 is 0 Å². The van der Waals surface area contributed by atoms with Crippen molar-refractivity contribution < 1.29 is 13.9 Å². The number of para-hydroxylation sites is 1.